The van der Waals surface area contributed by atoms with Crippen LogP contribution >= 0.6 is 11.6 Å². The van der Waals surface area contributed by atoms with Crippen molar-refractivity contribution in [3.63, 3.8) is 0 Å². The van der Waals surface area contributed by atoms with Gasteiger partial charge in [0.15, 0.2) is 5.82 Å². The molecule has 162 valence electrons. The highest BCUT2D eigenvalue weighted by Gasteiger charge is 2.21. The first-order chi connectivity index (χ1) is 16.1. The van der Waals surface area contributed by atoms with Crippen LogP contribution in [0.3, 0.4) is 0 Å². The Morgan fingerprint density at radius 1 is 0.939 bits per heavy atom. The van der Waals surface area contributed by atoms with Crippen molar-refractivity contribution in [1.82, 2.24) is 14.5 Å². The second-order valence-electron chi connectivity index (χ2n) is 7.61. The number of hydrogen-bond donors (Lipinski definition) is 2. The number of nitrogens with zero attached hydrogens (tertiary/aromatic N) is 2. The number of rotatable bonds is 6. The van der Waals surface area contributed by atoms with E-state index in [1.165, 1.54) is 6.20 Å². The van der Waals surface area contributed by atoms with Crippen LogP contribution in [-0.4, -0.2) is 26.2 Å². The summed E-state index contributed by atoms with van der Waals surface area (Å²) in [6.45, 7) is 0.591. The number of para-hydroxylation sites is 2. The van der Waals surface area contributed by atoms with E-state index in [0.717, 1.165) is 16.5 Å². The zero-order valence-electron chi connectivity index (χ0n) is 17.5. The Hall–Kier alpha value is -4.16. The van der Waals surface area contributed by atoms with Crippen LogP contribution in [-0.2, 0) is 6.54 Å². The first-order valence-electron chi connectivity index (χ1n) is 10.4. The molecule has 0 saturated carbocycles. The van der Waals surface area contributed by atoms with Crippen LogP contribution in [0.2, 0.25) is 5.02 Å². The zero-order chi connectivity index (χ0) is 22.8. The molecule has 0 saturated heterocycles. The topological polar surface area (TPSA) is 79.8 Å². The lowest BCUT2D eigenvalue weighted by Crippen LogP contribution is -2.12. The summed E-state index contributed by atoms with van der Waals surface area (Å²) < 4.78 is 2.03. The Morgan fingerprint density at radius 2 is 1.67 bits per heavy atom. The third kappa shape index (κ3) is 4.29. The van der Waals surface area contributed by atoms with E-state index in [4.69, 9.17) is 11.6 Å². The molecule has 0 bridgehead atoms. The number of hydrogen-bond acceptors (Lipinski definition) is 3. The lowest BCUT2D eigenvalue weighted by Gasteiger charge is -2.05. The van der Waals surface area contributed by atoms with E-state index in [-0.39, 0.29) is 23.2 Å². The Labute approximate surface area is 194 Å². The van der Waals surface area contributed by atoms with Crippen LogP contribution in [0.15, 0.2) is 91.3 Å². The maximum absolute atomic E-state index is 13.3. The normalized spacial score (nSPS) is 10.9. The van der Waals surface area contributed by atoms with Gasteiger partial charge in [-0.2, -0.15) is 0 Å². The van der Waals surface area contributed by atoms with Crippen molar-refractivity contribution in [2.24, 2.45) is 0 Å². The van der Waals surface area contributed by atoms with Gasteiger partial charge in [-0.25, -0.2) is 4.98 Å². The fourth-order valence-corrected chi connectivity index (χ4v) is 3.87. The fourth-order valence-electron chi connectivity index (χ4n) is 3.74. The summed E-state index contributed by atoms with van der Waals surface area (Å²) in [5.41, 5.74) is 3.40. The van der Waals surface area contributed by atoms with E-state index < -0.39 is 0 Å². The van der Waals surface area contributed by atoms with Gasteiger partial charge in [0.25, 0.3) is 5.91 Å². The first kappa shape index (κ1) is 20.7. The highest BCUT2D eigenvalue weighted by atomic mass is 35.5. The molecule has 0 spiro atoms. The Balaban J connectivity index is 1.43. The summed E-state index contributed by atoms with van der Waals surface area (Å²) in [6, 6.07) is 24.4. The van der Waals surface area contributed by atoms with Crippen molar-refractivity contribution in [3.05, 3.63) is 119 Å². The Bertz CT molecular complexity index is 1450. The molecular weight excluding hydrogens is 436 g/mol. The van der Waals surface area contributed by atoms with E-state index in [1.807, 2.05) is 77.5 Å². The number of amides is 1. The number of imidazole rings is 1. The molecule has 5 aromatic rings. The van der Waals surface area contributed by atoms with E-state index in [0.29, 0.717) is 22.8 Å². The van der Waals surface area contributed by atoms with Gasteiger partial charge in [-0.05, 0) is 35.9 Å². The molecule has 7 heteroatoms. The molecule has 5 rings (SSSR count). The van der Waals surface area contributed by atoms with Gasteiger partial charge in [0.1, 0.15) is 5.69 Å². The molecule has 6 nitrogen and oxygen atoms in total. The molecule has 3 aromatic carbocycles. The van der Waals surface area contributed by atoms with Crippen molar-refractivity contribution in [1.29, 1.82) is 0 Å². The molecule has 0 aliphatic heterocycles. The monoisotopic (exact) mass is 454 g/mol. The van der Waals surface area contributed by atoms with Crippen LogP contribution in [0.5, 0.6) is 0 Å². The largest absolute Gasteiger partial charge is 0.342 e. The number of aromatic amines is 1. The first-order valence-corrected chi connectivity index (χ1v) is 10.7. The van der Waals surface area contributed by atoms with E-state index in [1.54, 1.807) is 12.1 Å². The molecule has 0 unspecified atom stereocenters. The smallest absolute Gasteiger partial charge is 0.273 e. The SMILES string of the molecule is O=C(Nc1ccccc1)c1cnc(C(=O)c2cn(Cc3ccc(Cl)cc3)c3ccccc23)[nH]1. The van der Waals surface area contributed by atoms with Crippen LogP contribution in [0.25, 0.3) is 10.9 Å². The molecule has 2 N–H and O–H groups in total. The number of benzene rings is 3. The summed E-state index contributed by atoms with van der Waals surface area (Å²) in [6.07, 6.45) is 3.20. The maximum atomic E-state index is 13.3. The van der Waals surface area contributed by atoms with Gasteiger partial charge >= 0.3 is 0 Å². The highest BCUT2D eigenvalue weighted by Crippen LogP contribution is 2.25. The van der Waals surface area contributed by atoms with Gasteiger partial charge in [-0.15, -0.1) is 0 Å². The Morgan fingerprint density at radius 3 is 2.45 bits per heavy atom. The average molecular weight is 455 g/mol. The van der Waals surface area contributed by atoms with Crippen molar-refractivity contribution in [2.45, 2.75) is 6.54 Å². The third-order valence-electron chi connectivity index (χ3n) is 5.37. The second kappa shape index (κ2) is 8.76. The average Bonchev–Trinajstić information content (AvgIpc) is 3.47. The molecule has 0 radical (unpaired) electrons. The Kier molecular flexibility index (Phi) is 5.50. The number of H-pyrrole nitrogens is 1. The van der Waals surface area contributed by atoms with Crippen LogP contribution in [0, 0.1) is 0 Å². The third-order valence-corrected chi connectivity index (χ3v) is 5.62. The number of carbonyl (C=O) groups is 2. The van der Waals surface area contributed by atoms with E-state index in [2.05, 4.69) is 15.3 Å². The number of carbonyl (C=O) groups excluding carboxylic acids is 2. The molecular formula is C26H19ClN4O2. The predicted octanol–water partition coefficient (Wildman–Crippen LogP) is 5.55. The maximum Gasteiger partial charge on any atom is 0.273 e. The van der Waals surface area contributed by atoms with Crippen molar-refractivity contribution in [3.8, 4) is 0 Å². The number of nitrogens with one attached hydrogen (secondary N) is 2. The van der Waals surface area contributed by atoms with E-state index >= 15 is 0 Å². The van der Waals surface area contributed by atoms with Gasteiger partial charge in [-0.1, -0.05) is 60.1 Å². The van der Waals surface area contributed by atoms with Crippen LogP contribution < -0.4 is 5.32 Å². The van der Waals surface area contributed by atoms with Crippen LogP contribution in [0.4, 0.5) is 5.69 Å². The van der Waals surface area contributed by atoms with Gasteiger partial charge in [0, 0.05) is 34.4 Å². The van der Waals surface area contributed by atoms with Crippen molar-refractivity contribution >= 4 is 39.9 Å². The number of halogens is 1. The molecule has 33 heavy (non-hydrogen) atoms. The number of ketones is 1. The molecule has 0 aliphatic rings. The minimum absolute atomic E-state index is 0.114. The molecule has 2 aromatic heterocycles. The molecule has 2 heterocycles. The standard InChI is InChI=1S/C26H19ClN4O2/c27-18-12-10-17(11-13-18)15-31-16-21(20-8-4-5-9-23(20)31)24(32)25-28-14-22(30-25)26(33)29-19-6-2-1-3-7-19/h1-14,16H,15H2,(H,28,30)(H,29,33). The molecule has 1 amide bonds. The van der Waals surface area contributed by atoms with Gasteiger partial charge < -0.3 is 14.9 Å². The fraction of sp³-hybridized carbons (Fsp3) is 0.0385. The lowest BCUT2D eigenvalue weighted by molar-refractivity contribution is 0.102. The van der Waals surface area contributed by atoms with Crippen molar-refractivity contribution < 1.29 is 9.59 Å². The van der Waals surface area contributed by atoms with Gasteiger partial charge in [0.2, 0.25) is 5.78 Å². The van der Waals surface area contributed by atoms with Crippen molar-refractivity contribution in [2.75, 3.05) is 5.32 Å². The summed E-state index contributed by atoms with van der Waals surface area (Å²) in [5, 5.41) is 4.28. The molecule has 0 fully saturated rings. The lowest BCUT2D eigenvalue weighted by atomic mass is 10.1. The number of fused-ring (bicyclic) bond motifs is 1. The summed E-state index contributed by atoms with van der Waals surface area (Å²) in [4.78, 5) is 32.9. The molecule has 0 aliphatic carbocycles. The van der Waals surface area contributed by atoms with Gasteiger partial charge in [-0.3, -0.25) is 9.59 Å². The summed E-state index contributed by atoms with van der Waals surface area (Å²) in [7, 11) is 0. The number of anilines is 1. The van der Waals surface area contributed by atoms with Crippen LogP contribution in [0.1, 0.15) is 32.2 Å². The second-order valence-corrected chi connectivity index (χ2v) is 8.05. The predicted molar refractivity (Wildman–Crippen MR) is 129 cm³/mol. The quantitative estimate of drug-likeness (QED) is 0.330. The highest BCUT2D eigenvalue weighted by molar-refractivity contribution is 6.30. The van der Waals surface area contributed by atoms with Gasteiger partial charge in [0.05, 0.1) is 11.8 Å². The molecule has 0 atom stereocenters. The minimum atomic E-state index is -0.363. The minimum Gasteiger partial charge on any atom is -0.342 e. The summed E-state index contributed by atoms with van der Waals surface area (Å²) >= 11 is 6.00. The zero-order valence-corrected chi connectivity index (χ0v) is 18.2. The number of aromatic nitrogens is 3. The van der Waals surface area contributed by atoms with E-state index in [9.17, 15) is 9.59 Å². The summed E-state index contributed by atoms with van der Waals surface area (Å²) in [5.74, 6) is -0.527.